The Labute approximate surface area is 170 Å². The third-order valence-electron chi connectivity index (χ3n) is 4.37. The van der Waals surface area contributed by atoms with Crippen LogP contribution in [-0.2, 0) is 14.8 Å². The summed E-state index contributed by atoms with van der Waals surface area (Å²) in [4.78, 5) is 19.4. The van der Waals surface area contributed by atoms with Gasteiger partial charge >= 0.3 is 5.97 Å². The van der Waals surface area contributed by atoms with Crippen molar-refractivity contribution in [1.29, 1.82) is 0 Å². The molecule has 1 aromatic heterocycles. The normalized spacial score (nSPS) is 12.5. The molecular formula is C21H23N3O4S. The lowest BCUT2D eigenvalue weighted by molar-refractivity contribution is 0.0526. The maximum atomic E-state index is 12.9. The van der Waals surface area contributed by atoms with Crippen LogP contribution in [0.2, 0.25) is 0 Å². The summed E-state index contributed by atoms with van der Waals surface area (Å²) < 4.78 is 33.4. The zero-order chi connectivity index (χ0) is 20.9. The van der Waals surface area contributed by atoms with Crippen LogP contribution < -0.4 is 4.72 Å². The number of rotatable bonds is 8. The minimum Gasteiger partial charge on any atom is -0.462 e. The van der Waals surface area contributed by atoms with Gasteiger partial charge in [0, 0.05) is 0 Å². The van der Waals surface area contributed by atoms with Crippen molar-refractivity contribution >= 4 is 16.0 Å². The molecule has 0 amide bonds. The van der Waals surface area contributed by atoms with Gasteiger partial charge in [0.15, 0.2) is 0 Å². The molecule has 2 aromatic carbocycles. The topological polar surface area (TPSA) is 101 Å². The lowest BCUT2D eigenvalue weighted by Gasteiger charge is -2.15. The van der Waals surface area contributed by atoms with Crippen molar-refractivity contribution in [3.63, 3.8) is 0 Å². The van der Waals surface area contributed by atoms with Crippen molar-refractivity contribution < 1.29 is 17.9 Å². The fraction of sp³-hybridized carbons (Fsp3) is 0.238. The number of sulfonamides is 1. The summed E-state index contributed by atoms with van der Waals surface area (Å²) >= 11 is 0. The van der Waals surface area contributed by atoms with Crippen LogP contribution in [0.25, 0.3) is 11.3 Å². The number of hydrogen-bond donors (Lipinski definition) is 2. The molecule has 152 valence electrons. The molecule has 3 aromatic rings. The Bertz CT molecular complexity index is 1080. The summed E-state index contributed by atoms with van der Waals surface area (Å²) in [6.45, 7) is 3.78. The Morgan fingerprint density at radius 2 is 1.90 bits per heavy atom. The van der Waals surface area contributed by atoms with E-state index in [-0.39, 0.29) is 17.1 Å². The molecule has 0 aliphatic heterocycles. The van der Waals surface area contributed by atoms with Gasteiger partial charge in [-0.3, -0.25) is 0 Å². The maximum Gasteiger partial charge on any atom is 0.338 e. The van der Waals surface area contributed by atoms with Gasteiger partial charge < -0.3 is 9.72 Å². The minimum absolute atomic E-state index is 0.00339. The lowest BCUT2D eigenvalue weighted by Crippen LogP contribution is -2.29. The van der Waals surface area contributed by atoms with Gasteiger partial charge in [-0.2, -0.15) is 0 Å². The zero-order valence-corrected chi connectivity index (χ0v) is 17.1. The van der Waals surface area contributed by atoms with Crippen molar-refractivity contribution in [1.82, 2.24) is 14.7 Å². The average Bonchev–Trinajstić information content (AvgIpc) is 3.23. The van der Waals surface area contributed by atoms with Gasteiger partial charge in [-0.25, -0.2) is 22.9 Å². The van der Waals surface area contributed by atoms with E-state index in [2.05, 4.69) is 14.7 Å². The molecule has 1 unspecified atom stereocenters. The SMILES string of the molecule is CCOC(=O)c1cccc(S(=O)(=O)NC(CC)c2ncc(-c3ccccc3)[nH]2)c1. The van der Waals surface area contributed by atoms with E-state index in [1.54, 1.807) is 13.1 Å². The van der Waals surface area contributed by atoms with E-state index >= 15 is 0 Å². The number of aromatic nitrogens is 2. The summed E-state index contributed by atoms with van der Waals surface area (Å²) in [5.74, 6) is -0.0356. The maximum absolute atomic E-state index is 12.9. The van der Waals surface area contributed by atoms with E-state index in [1.165, 1.54) is 24.3 Å². The van der Waals surface area contributed by atoms with Gasteiger partial charge in [0.25, 0.3) is 0 Å². The highest BCUT2D eigenvalue weighted by Crippen LogP contribution is 2.22. The Morgan fingerprint density at radius 1 is 1.14 bits per heavy atom. The Balaban J connectivity index is 1.83. The molecule has 2 N–H and O–H groups in total. The van der Waals surface area contributed by atoms with Gasteiger partial charge in [0.05, 0.1) is 35.0 Å². The molecule has 0 saturated carbocycles. The predicted octanol–water partition coefficient (Wildman–Crippen LogP) is 3.68. The molecule has 0 aliphatic rings. The third-order valence-corrected chi connectivity index (χ3v) is 5.84. The molecule has 0 radical (unpaired) electrons. The van der Waals surface area contributed by atoms with Crippen molar-refractivity contribution in [2.45, 2.75) is 31.2 Å². The first-order chi connectivity index (χ1) is 13.9. The van der Waals surface area contributed by atoms with Crippen LogP contribution in [0.3, 0.4) is 0 Å². The monoisotopic (exact) mass is 413 g/mol. The number of carbonyl (C=O) groups is 1. The number of nitrogens with one attached hydrogen (secondary N) is 2. The number of nitrogens with zero attached hydrogens (tertiary/aromatic N) is 1. The molecule has 0 saturated heterocycles. The van der Waals surface area contributed by atoms with Crippen molar-refractivity contribution in [3.8, 4) is 11.3 Å². The quantitative estimate of drug-likeness (QED) is 0.549. The predicted molar refractivity (Wildman–Crippen MR) is 110 cm³/mol. The first-order valence-electron chi connectivity index (χ1n) is 9.34. The Kier molecular flexibility index (Phi) is 6.46. The number of esters is 1. The molecule has 7 nitrogen and oxygen atoms in total. The smallest absolute Gasteiger partial charge is 0.338 e. The molecule has 8 heteroatoms. The van der Waals surface area contributed by atoms with Crippen molar-refractivity contribution in [2.24, 2.45) is 0 Å². The molecule has 1 atom stereocenters. The Hall–Kier alpha value is -2.97. The minimum atomic E-state index is -3.86. The standard InChI is InChI=1S/C21H23N3O4S/c1-3-18(20-22-14-19(23-20)15-9-6-5-7-10-15)24-29(26,27)17-12-8-11-16(13-17)21(25)28-4-2/h5-14,18,24H,3-4H2,1-2H3,(H,22,23). The molecule has 1 heterocycles. The summed E-state index contributed by atoms with van der Waals surface area (Å²) in [5.41, 5.74) is 1.96. The van der Waals surface area contributed by atoms with Gasteiger partial charge in [-0.1, -0.05) is 43.3 Å². The van der Waals surface area contributed by atoms with E-state index in [0.717, 1.165) is 11.3 Å². The van der Waals surface area contributed by atoms with Crippen LogP contribution in [0, 0.1) is 0 Å². The van der Waals surface area contributed by atoms with Crippen LogP contribution in [0.5, 0.6) is 0 Å². The van der Waals surface area contributed by atoms with Crippen LogP contribution in [0.15, 0.2) is 65.7 Å². The van der Waals surface area contributed by atoms with Crippen LogP contribution in [-0.4, -0.2) is 31.0 Å². The van der Waals surface area contributed by atoms with E-state index in [4.69, 9.17) is 4.74 Å². The van der Waals surface area contributed by atoms with Crippen LogP contribution in [0.4, 0.5) is 0 Å². The third kappa shape index (κ3) is 4.90. The first kappa shape index (κ1) is 20.8. The summed E-state index contributed by atoms with van der Waals surface area (Å²) in [5, 5.41) is 0. The molecule has 0 fully saturated rings. The highest BCUT2D eigenvalue weighted by atomic mass is 32.2. The van der Waals surface area contributed by atoms with Crippen molar-refractivity contribution in [2.75, 3.05) is 6.61 Å². The molecule has 0 aliphatic carbocycles. The summed E-state index contributed by atoms with van der Waals surface area (Å²) in [6, 6.07) is 14.9. The van der Waals surface area contributed by atoms with E-state index in [1.807, 2.05) is 37.3 Å². The van der Waals surface area contributed by atoms with Gasteiger partial charge in [-0.15, -0.1) is 0 Å². The Morgan fingerprint density at radius 3 is 2.59 bits per heavy atom. The number of carbonyl (C=O) groups excluding carboxylic acids is 1. The average molecular weight is 413 g/mol. The van der Waals surface area contributed by atoms with Gasteiger partial charge in [-0.05, 0) is 37.1 Å². The second-order valence-electron chi connectivity index (χ2n) is 6.38. The molecular weight excluding hydrogens is 390 g/mol. The summed E-state index contributed by atoms with van der Waals surface area (Å²) in [7, 11) is -3.86. The lowest BCUT2D eigenvalue weighted by atomic mass is 10.2. The first-order valence-corrected chi connectivity index (χ1v) is 10.8. The largest absolute Gasteiger partial charge is 0.462 e. The summed E-state index contributed by atoms with van der Waals surface area (Å²) in [6.07, 6.45) is 2.18. The molecule has 0 bridgehead atoms. The van der Waals surface area contributed by atoms with E-state index < -0.39 is 22.0 Å². The van der Waals surface area contributed by atoms with Gasteiger partial charge in [0.2, 0.25) is 10.0 Å². The molecule has 29 heavy (non-hydrogen) atoms. The molecule has 3 rings (SSSR count). The van der Waals surface area contributed by atoms with Crippen LogP contribution >= 0.6 is 0 Å². The number of ether oxygens (including phenoxy) is 1. The number of hydrogen-bond acceptors (Lipinski definition) is 5. The molecule has 0 spiro atoms. The fourth-order valence-electron chi connectivity index (χ4n) is 2.87. The second kappa shape index (κ2) is 9.02. The van der Waals surface area contributed by atoms with Gasteiger partial charge in [0.1, 0.15) is 5.82 Å². The highest BCUT2D eigenvalue weighted by molar-refractivity contribution is 7.89. The highest BCUT2D eigenvalue weighted by Gasteiger charge is 2.23. The second-order valence-corrected chi connectivity index (χ2v) is 8.09. The number of benzene rings is 2. The van der Waals surface area contributed by atoms with E-state index in [9.17, 15) is 13.2 Å². The fourth-order valence-corrected chi connectivity index (χ4v) is 4.20. The van der Waals surface area contributed by atoms with E-state index in [0.29, 0.717) is 12.2 Å². The number of H-pyrrole nitrogens is 1. The zero-order valence-electron chi connectivity index (χ0n) is 16.3. The van der Waals surface area contributed by atoms with Crippen LogP contribution in [0.1, 0.15) is 42.5 Å². The number of aromatic amines is 1. The number of imidazole rings is 1. The van der Waals surface area contributed by atoms with Crippen molar-refractivity contribution in [3.05, 3.63) is 72.2 Å².